The molecule has 0 atom stereocenters. The molecule has 0 unspecified atom stereocenters. The molecule has 0 bridgehead atoms. The lowest BCUT2D eigenvalue weighted by Gasteiger charge is -2.09. The third-order valence-electron chi connectivity index (χ3n) is 3.80. The van der Waals surface area contributed by atoms with Gasteiger partial charge in [-0.3, -0.25) is 4.72 Å². The summed E-state index contributed by atoms with van der Waals surface area (Å²) in [5.74, 6) is -0.141. The van der Waals surface area contributed by atoms with E-state index >= 15 is 0 Å². The minimum Gasteiger partial charge on any atom is -0.494 e. The molecule has 0 aliphatic carbocycles. The fraction of sp³-hybridized carbons (Fsp3) is 0.167. The molecule has 0 amide bonds. The summed E-state index contributed by atoms with van der Waals surface area (Å²) in [7, 11) is -2.47. The van der Waals surface area contributed by atoms with Crippen molar-refractivity contribution in [1.82, 2.24) is 5.16 Å². The summed E-state index contributed by atoms with van der Waals surface area (Å²) >= 11 is 0. The first-order chi connectivity index (χ1) is 12.5. The Bertz CT molecular complexity index is 1020. The fourth-order valence-corrected chi connectivity index (χ4v) is 3.59. The SMILES string of the molecule is CCc1onc(-c2ccc(OC)c(F)c2)c1NS(=O)(=O)c1ccccc1. The van der Waals surface area contributed by atoms with Crippen molar-refractivity contribution in [2.75, 3.05) is 11.8 Å². The molecule has 2 aromatic carbocycles. The first-order valence-electron chi connectivity index (χ1n) is 7.86. The Morgan fingerprint density at radius 1 is 1.19 bits per heavy atom. The van der Waals surface area contributed by atoms with Gasteiger partial charge in [0.25, 0.3) is 10.0 Å². The number of hydrogen-bond acceptors (Lipinski definition) is 5. The van der Waals surface area contributed by atoms with E-state index < -0.39 is 15.8 Å². The number of ether oxygens (including phenoxy) is 1. The van der Waals surface area contributed by atoms with Crippen LogP contribution in [-0.4, -0.2) is 20.7 Å². The van der Waals surface area contributed by atoms with Crippen LogP contribution in [0.2, 0.25) is 0 Å². The smallest absolute Gasteiger partial charge is 0.262 e. The number of sulfonamides is 1. The monoisotopic (exact) mass is 376 g/mol. The van der Waals surface area contributed by atoms with Gasteiger partial charge in [-0.05, 0) is 30.3 Å². The van der Waals surface area contributed by atoms with Gasteiger partial charge in [0, 0.05) is 12.0 Å². The van der Waals surface area contributed by atoms with Crippen molar-refractivity contribution in [1.29, 1.82) is 0 Å². The average molecular weight is 376 g/mol. The number of methoxy groups -OCH3 is 1. The minimum absolute atomic E-state index is 0.0828. The standard InChI is InChI=1S/C18H17FN2O4S/c1-3-15-18(21-26(22,23)13-7-5-4-6-8-13)17(20-25-15)12-9-10-16(24-2)14(19)11-12/h4-11,21H,3H2,1-2H3. The van der Waals surface area contributed by atoms with Crippen molar-refractivity contribution in [3.05, 3.63) is 60.1 Å². The normalized spacial score (nSPS) is 11.3. The second kappa shape index (κ2) is 7.17. The van der Waals surface area contributed by atoms with Crippen molar-refractivity contribution in [3.63, 3.8) is 0 Å². The molecule has 26 heavy (non-hydrogen) atoms. The zero-order valence-electron chi connectivity index (χ0n) is 14.2. The van der Waals surface area contributed by atoms with E-state index in [1.54, 1.807) is 31.2 Å². The predicted octanol–water partition coefficient (Wildman–Crippen LogP) is 3.85. The highest BCUT2D eigenvalue weighted by atomic mass is 32.2. The Morgan fingerprint density at radius 3 is 2.54 bits per heavy atom. The molecule has 1 aromatic heterocycles. The number of anilines is 1. The lowest BCUT2D eigenvalue weighted by Crippen LogP contribution is -2.14. The number of nitrogens with zero attached hydrogens (tertiary/aromatic N) is 1. The molecule has 0 saturated heterocycles. The van der Waals surface area contributed by atoms with Gasteiger partial charge in [0.2, 0.25) is 0 Å². The second-order valence-electron chi connectivity index (χ2n) is 5.45. The number of halogens is 1. The van der Waals surface area contributed by atoms with Crippen LogP contribution in [-0.2, 0) is 16.4 Å². The summed E-state index contributed by atoms with van der Waals surface area (Å²) in [6.07, 6.45) is 0.415. The molecule has 0 aliphatic heterocycles. The zero-order valence-corrected chi connectivity index (χ0v) is 15.0. The molecule has 3 aromatic rings. The van der Waals surface area contributed by atoms with Crippen LogP contribution in [0, 0.1) is 5.82 Å². The first-order valence-corrected chi connectivity index (χ1v) is 9.35. The maximum atomic E-state index is 14.0. The number of aromatic nitrogens is 1. The predicted molar refractivity (Wildman–Crippen MR) is 95.1 cm³/mol. The van der Waals surface area contributed by atoms with Crippen LogP contribution in [0.5, 0.6) is 5.75 Å². The van der Waals surface area contributed by atoms with E-state index in [-0.39, 0.29) is 22.0 Å². The van der Waals surface area contributed by atoms with Crippen molar-refractivity contribution < 1.29 is 22.1 Å². The van der Waals surface area contributed by atoms with Crippen molar-refractivity contribution in [2.45, 2.75) is 18.2 Å². The summed E-state index contributed by atoms with van der Waals surface area (Å²) in [5.41, 5.74) is 0.779. The number of benzene rings is 2. The van der Waals surface area contributed by atoms with E-state index in [2.05, 4.69) is 9.88 Å². The van der Waals surface area contributed by atoms with Crippen molar-refractivity contribution in [3.8, 4) is 17.0 Å². The van der Waals surface area contributed by atoms with Crippen LogP contribution in [0.4, 0.5) is 10.1 Å². The molecular formula is C18H17FN2O4S. The van der Waals surface area contributed by atoms with Crippen molar-refractivity contribution in [2.24, 2.45) is 0 Å². The van der Waals surface area contributed by atoms with Gasteiger partial charge in [-0.25, -0.2) is 12.8 Å². The minimum atomic E-state index is -3.84. The molecule has 3 rings (SSSR count). The van der Waals surface area contributed by atoms with E-state index in [1.807, 2.05) is 0 Å². The van der Waals surface area contributed by atoms with E-state index in [1.165, 1.54) is 31.4 Å². The third-order valence-corrected chi connectivity index (χ3v) is 5.16. The lowest BCUT2D eigenvalue weighted by atomic mass is 10.1. The van der Waals surface area contributed by atoms with E-state index in [4.69, 9.17) is 9.26 Å². The van der Waals surface area contributed by atoms with Crippen molar-refractivity contribution >= 4 is 15.7 Å². The molecule has 0 aliphatic rings. The highest BCUT2D eigenvalue weighted by Gasteiger charge is 2.23. The van der Waals surface area contributed by atoms with Crippen LogP contribution in [0.3, 0.4) is 0 Å². The molecule has 1 N–H and O–H groups in total. The number of aryl methyl sites for hydroxylation is 1. The van der Waals surface area contributed by atoms with Gasteiger partial charge in [0.1, 0.15) is 11.4 Å². The Hall–Kier alpha value is -2.87. The third kappa shape index (κ3) is 3.41. The Balaban J connectivity index is 2.05. The van der Waals surface area contributed by atoms with Crippen LogP contribution in [0.15, 0.2) is 57.9 Å². The number of hydrogen-bond donors (Lipinski definition) is 1. The topological polar surface area (TPSA) is 81.4 Å². The van der Waals surface area contributed by atoms with E-state index in [0.29, 0.717) is 17.7 Å². The molecular weight excluding hydrogens is 359 g/mol. The largest absolute Gasteiger partial charge is 0.494 e. The maximum Gasteiger partial charge on any atom is 0.262 e. The molecule has 136 valence electrons. The summed E-state index contributed by atoms with van der Waals surface area (Å²) in [6, 6.07) is 12.2. The Morgan fingerprint density at radius 2 is 1.92 bits per heavy atom. The van der Waals surface area contributed by atoms with Crippen LogP contribution < -0.4 is 9.46 Å². The quantitative estimate of drug-likeness (QED) is 0.707. The highest BCUT2D eigenvalue weighted by molar-refractivity contribution is 7.92. The Kier molecular flexibility index (Phi) is 4.94. The van der Waals surface area contributed by atoms with Gasteiger partial charge >= 0.3 is 0 Å². The summed E-state index contributed by atoms with van der Waals surface area (Å²) in [4.78, 5) is 0.107. The molecule has 0 spiro atoms. The van der Waals surface area contributed by atoms with Gasteiger partial charge in [-0.1, -0.05) is 30.3 Å². The molecule has 0 radical (unpaired) electrons. The fourth-order valence-electron chi connectivity index (χ4n) is 2.47. The number of nitrogens with one attached hydrogen (secondary N) is 1. The second-order valence-corrected chi connectivity index (χ2v) is 7.13. The van der Waals surface area contributed by atoms with Crippen LogP contribution in [0.25, 0.3) is 11.3 Å². The van der Waals surface area contributed by atoms with Crippen LogP contribution in [0.1, 0.15) is 12.7 Å². The lowest BCUT2D eigenvalue weighted by molar-refractivity contribution is 0.385. The molecule has 8 heteroatoms. The summed E-state index contributed by atoms with van der Waals surface area (Å²) in [6.45, 7) is 1.80. The molecule has 0 fully saturated rings. The highest BCUT2D eigenvalue weighted by Crippen LogP contribution is 2.34. The van der Waals surface area contributed by atoms with Crippen LogP contribution >= 0.6 is 0 Å². The molecule has 1 heterocycles. The van der Waals surface area contributed by atoms with Gasteiger partial charge in [-0.15, -0.1) is 0 Å². The average Bonchev–Trinajstić information content (AvgIpc) is 3.04. The maximum absolute atomic E-state index is 14.0. The van der Waals surface area contributed by atoms with Gasteiger partial charge in [0.05, 0.1) is 12.0 Å². The molecule has 0 saturated carbocycles. The van der Waals surface area contributed by atoms with E-state index in [9.17, 15) is 12.8 Å². The van der Waals surface area contributed by atoms with Gasteiger partial charge in [-0.2, -0.15) is 0 Å². The first kappa shape index (κ1) is 17.9. The van der Waals surface area contributed by atoms with E-state index in [0.717, 1.165) is 0 Å². The molecule has 6 nitrogen and oxygen atoms in total. The zero-order chi connectivity index (χ0) is 18.7. The number of rotatable bonds is 6. The summed E-state index contributed by atoms with van der Waals surface area (Å²) in [5, 5.41) is 3.92. The van der Waals surface area contributed by atoms with Gasteiger partial charge in [0.15, 0.2) is 17.3 Å². The summed E-state index contributed by atoms with van der Waals surface area (Å²) < 4.78 is 52.0. The Labute approximate surface area is 150 Å². The van der Waals surface area contributed by atoms with Gasteiger partial charge < -0.3 is 9.26 Å².